The molecule has 1 aromatic rings. The maximum atomic E-state index is 11.7. The molecule has 0 saturated heterocycles. The Balaban J connectivity index is 2.56. The van der Waals surface area contributed by atoms with Gasteiger partial charge in [-0.25, -0.2) is 4.79 Å². The average Bonchev–Trinajstić information content (AvgIpc) is 2.40. The number of aryl methyl sites for hydroxylation is 1. The molecule has 1 aromatic carbocycles. The highest BCUT2D eigenvalue weighted by atomic mass is 16.5. The number of aliphatic hydroxyl groups is 1. The number of nitrogens with one attached hydrogen (secondary N) is 2. The summed E-state index contributed by atoms with van der Waals surface area (Å²) in [5.41, 5.74) is 0.774. The Morgan fingerprint density at radius 1 is 1.40 bits per heavy atom. The highest BCUT2D eigenvalue weighted by Crippen LogP contribution is 2.21. The second kappa shape index (κ2) is 7.14. The van der Waals surface area contributed by atoms with Crippen molar-refractivity contribution in [2.45, 2.75) is 39.7 Å². The standard InChI is InChI=1S/C15H24N2O3/c1-5-15(4,19)10-16-14(18)17-12-7-8-13(20-6-2)11(3)9-12/h7-9,19H,5-6,10H2,1-4H3,(H2,16,17,18)/t15-/m1/s1. The zero-order chi connectivity index (χ0) is 15.2. The van der Waals surface area contributed by atoms with Crippen LogP contribution in [0.5, 0.6) is 5.75 Å². The molecule has 0 saturated carbocycles. The molecule has 0 radical (unpaired) electrons. The van der Waals surface area contributed by atoms with Crippen LogP contribution in [0.4, 0.5) is 10.5 Å². The highest BCUT2D eigenvalue weighted by molar-refractivity contribution is 5.89. The van der Waals surface area contributed by atoms with Crippen molar-refractivity contribution in [2.75, 3.05) is 18.5 Å². The molecule has 0 unspecified atom stereocenters. The Morgan fingerprint density at radius 2 is 2.10 bits per heavy atom. The van der Waals surface area contributed by atoms with Crippen LogP contribution in [0.25, 0.3) is 0 Å². The smallest absolute Gasteiger partial charge is 0.319 e. The summed E-state index contributed by atoms with van der Waals surface area (Å²) in [4.78, 5) is 11.7. The fourth-order valence-electron chi connectivity index (χ4n) is 1.62. The van der Waals surface area contributed by atoms with E-state index in [9.17, 15) is 9.90 Å². The number of hydrogen-bond acceptors (Lipinski definition) is 3. The zero-order valence-corrected chi connectivity index (χ0v) is 12.6. The fraction of sp³-hybridized carbons (Fsp3) is 0.533. The molecule has 3 N–H and O–H groups in total. The van der Waals surface area contributed by atoms with E-state index in [4.69, 9.17) is 4.74 Å². The van der Waals surface area contributed by atoms with E-state index in [1.54, 1.807) is 13.0 Å². The molecule has 0 aliphatic carbocycles. The van der Waals surface area contributed by atoms with Gasteiger partial charge in [-0.3, -0.25) is 0 Å². The molecule has 1 atom stereocenters. The molecule has 0 aliphatic heterocycles. The van der Waals surface area contributed by atoms with Crippen molar-refractivity contribution in [3.63, 3.8) is 0 Å². The van der Waals surface area contributed by atoms with Crippen molar-refractivity contribution >= 4 is 11.7 Å². The van der Waals surface area contributed by atoms with Crippen molar-refractivity contribution < 1.29 is 14.6 Å². The van der Waals surface area contributed by atoms with Crippen molar-refractivity contribution in [3.8, 4) is 5.75 Å². The molecule has 5 nitrogen and oxygen atoms in total. The summed E-state index contributed by atoms with van der Waals surface area (Å²) in [5.74, 6) is 0.812. The van der Waals surface area contributed by atoms with Crippen LogP contribution in [-0.4, -0.2) is 29.9 Å². The van der Waals surface area contributed by atoms with Crippen LogP contribution >= 0.6 is 0 Å². The first-order valence-electron chi connectivity index (χ1n) is 6.88. The van der Waals surface area contributed by atoms with E-state index in [0.29, 0.717) is 18.7 Å². The first kappa shape index (κ1) is 16.3. The summed E-state index contributed by atoms with van der Waals surface area (Å²) in [6.45, 7) is 8.24. The molecule has 1 rings (SSSR count). The van der Waals surface area contributed by atoms with Crippen LogP contribution in [0.3, 0.4) is 0 Å². The van der Waals surface area contributed by atoms with Gasteiger partial charge in [-0.05, 0) is 51.0 Å². The SMILES string of the molecule is CCOc1ccc(NC(=O)NC[C@](C)(O)CC)cc1C. The van der Waals surface area contributed by atoms with Crippen molar-refractivity contribution in [1.29, 1.82) is 0 Å². The van der Waals surface area contributed by atoms with Crippen LogP contribution in [0, 0.1) is 6.92 Å². The summed E-state index contributed by atoms with van der Waals surface area (Å²) in [6, 6.07) is 5.14. The number of amides is 2. The molecular weight excluding hydrogens is 256 g/mol. The van der Waals surface area contributed by atoms with Crippen LogP contribution in [-0.2, 0) is 0 Å². The molecule has 2 amide bonds. The third-order valence-electron chi connectivity index (χ3n) is 3.12. The first-order chi connectivity index (χ1) is 9.38. The summed E-state index contributed by atoms with van der Waals surface area (Å²) in [5, 5.41) is 15.2. The van der Waals surface area contributed by atoms with E-state index in [2.05, 4.69) is 10.6 Å². The van der Waals surface area contributed by atoms with Crippen molar-refractivity contribution in [2.24, 2.45) is 0 Å². The molecule has 20 heavy (non-hydrogen) atoms. The monoisotopic (exact) mass is 280 g/mol. The van der Waals surface area contributed by atoms with E-state index < -0.39 is 5.60 Å². The normalized spacial score (nSPS) is 13.4. The minimum Gasteiger partial charge on any atom is -0.494 e. The van der Waals surface area contributed by atoms with E-state index in [1.807, 2.05) is 32.9 Å². The minimum absolute atomic E-state index is 0.214. The van der Waals surface area contributed by atoms with Gasteiger partial charge in [0.25, 0.3) is 0 Å². The molecule has 0 aliphatic rings. The number of carbonyl (C=O) groups excluding carboxylic acids is 1. The van der Waals surface area contributed by atoms with E-state index in [0.717, 1.165) is 11.3 Å². The maximum Gasteiger partial charge on any atom is 0.319 e. The predicted molar refractivity (Wildman–Crippen MR) is 80.3 cm³/mol. The summed E-state index contributed by atoms with van der Waals surface area (Å²) in [7, 11) is 0. The average molecular weight is 280 g/mol. The lowest BCUT2D eigenvalue weighted by Crippen LogP contribution is -2.41. The van der Waals surface area contributed by atoms with Gasteiger partial charge in [-0.2, -0.15) is 0 Å². The Labute approximate surface area is 120 Å². The lowest BCUT2D eigenvalue weighted by molar-refractivity contribution is 0.0587. The third-order valence-corrected chi connectivity index (χ3v) is 3.12. The van der Waals surface area contributed by atoms with Crippen LogP contribution in [0.1, 0.15) is 32.8 Å². The molecule has 0 heterocycles. The molecular formula is C15H24N2O3. The Hall–Kier alpha value is -1.75. The number of ether oxygens (including phenoxy) is 1. The van der Waals surface area contributed by atoms with Gasteiger partial charge in [0.15, 0.2) is 0 Å². The van der Waals surface area contributed by atoms with Gasteiger partial charge in [0.1, 0.15) is 5.75 Å². The van der Waals surface area contributed by atoms with E-state index in [-0.39, 0.29) is 12.6 Å². The molecule has 0 fully saturated rings. The zero-order valence-electron chi connectivity index (χ0n) is 12.6. The van der Waals surface area contributed by atoms with Gasteiger partial charge in [0, 0.05) is 12.2 Å². The van der Waals surface area contributed by atoms with Gasteiger partial charge in [0.05, 0.1) is 12.2 Å². The molecule has 5 heteroatoms. The quantitative estimate of drug-likeness (QED) is 0.750. The van der Waals surface area contributed by atoms with E-state index >= 15 is 0 Å². The minimum atomic E-state index is -0.883. The first-order valence-corrected chi connectivity index (χ1v) is 6.88. The summed E-state index contributed by atoms with van der Waals surface area (Å²) >= 11 is 0. The molecule has 0 bridgehead atoms. The third kappa shape index (κ3) is 5.09. The second-order valence-corrected chi connectivity index (χ2v) is 5.07. The van der Waals surface area contributed by atoms with Gasteiger partial charge < -0.3 is 20.5 Å². The number of urea groups is 1. The van der Waals surface area contributed by atoms with Gasteiger partial charge in [0.2, 0.25) is 0 Å². The Bertz CT molecular complexity index is 458. The molecule has 0 aromatic heterocycles. The number of hydrogen-bond donors (Lipinski definition) is 3. The number of anilines is 1. The highest BCUT2D eigenvalue weighted by Gasteiger charge is 2.18. The van der Waals surface area contributed by atoms with Crippen LogP contribution in [0.15, 0.2) is 18.2 Å². The topological polar surface area (TPSA) is 70.6 Å². The fourth-order valence-corrected chi connectivity index (χ4v) is 1.62. The van der Waals surface area contributed by atoms with Gasteiger partial charge in [-0.1, -0.05) is 6.92 Å². The maximum absolute atomic E-state index is 11.7. The Morgan fingerprint density at radius 3 is 2.65 bits per heavy atom. The lowest BCUT2D eigenvalue weighted by Gasteiger charge is -2.21. The summed E-state index contributed by atoms with van der Waals surface area (Å²) < 4.78 is 5.44. The van der Waals surface area contributed by atoms with Gasteiger partial charge in [-0.15, -0.1) is 0 Å². The number of rotatable bonds is 6. The number of benzene rings is 1. The second-order valence-electron chi connectivity index (χ2n) is 5.07. The molecule has 112 valence electrons. The van der Waals surface area contributed by atoms with Crippen molar-refractivity contribution in [1.82, 2.24) is 5.32 Å². The summed E-state index contributed by atoms with van der Waals surface area (Å²) in [6.07, 6.45) is 0.579. The number of carbonyl (C=O) groups is 1. The van der Waals surface area contributed by atoms with Crippen molar-refractivity contribution in [3.05, 3.63) is 23.8 Å². The molecule has 0 spiro atoms. The Kier molecular flexibility index (Phi) is 5.82. The predicted octanol–water partition coefficient (Wildman–Crippen LogP) is 2.68. The van der Waals surface area contributed by atoms with E-state index in [1.165, 1.54) is 0 Å². The van der Waals surface area contributed by atoms with Crippen LogP contribution < -0.4 is 15.4 Å². The van der Waals surface area contributed by atoms with Gasteiger partial charge >= 0.3 is 6.03 Å². The largest absolute Gasteiger partial charge is 0.494 e. The lowest BCUT2D eigenvalue weighted by atomic mass is 10.0. The van der Waals surface area contributed by atoms with Crippen LogP contribution in [0.2, 0.25) is 0 Å².